The lowest BCUT2D eigenvalue weighted by molar-refractivity contribution is 0.325. The van der Waals surface area contributed by atoms with E-state index in [0.717, 1.165) is 33.5 Å². The SMILES string of the molecule is CCOc1ccc(-n2c(SCCOc3ccccc3F)nnc2-c2cccc(C)c2)cc1. The van der Waals surface area contributed by atoms with Crippen LogP contribution in [-0.2, 0) is 0 Å². The van der Waals surface area contributed by atoms with Crippen LogP contribution < -0.4 is 9.47 Å². The Kier molecular flexibility index (Phi) is 7.07. The number of halogens is 1. The summed E-state index contributed by atoms with van der Waals surface area (Å²) in [6.45, 7) is 4.98. The number of rotatable bonds is 9. The quantitative estimate of drug-likeness (QED) is 0.233. The number of ether oxygens (including phenoxy) is 2. The van der Waals surface area contributed by atoms with E-state index in [1.165, 1.54) is 17.8 Å². The molecule has 0 aliphatic rings. The van der Waals surface area contributed by atoms with Gasteiger partial charge in [0.2, 0.25) is 0 Å². The molecule has 0 amide bonds. The van der Waals surface area contributed by atoms with E-state index in [4.69, 9.17) is 9.47 Å². The third kappa shape index (κ3) is 5.11. The van der Waals surface area contributed by atoms with E-state index >= 15 is 0 Å². The van der Waals surface area contributed by atoms with Crippen molar-refractivity contribution in [2.24, 2.45) is 0 Å². The second kappa shape index (κ2) is 10.3. The first-order chi connectivity index (χ1) is 15.7. The number of hydrogen-bond acceptors (Lipinski definition) is 5. The normalized spacial score (nSPS) is 10.8. The molecule has 0 bridgehead atoms. The fourth-order valence-corrected chi connectivity index (χ4v) is 4.04. The van der Waals surface area contributed by atoms with Crippen molar-refractivity contribution in [1.82, 2.24) is 14.8 Å². The molecule has 0 N–H and O–H groups in total. The van der Waals surface area contributed by atoms with Gasteiger partial charge in [-0.3, -0.25) is 4.57 Å². The fraction of sp³-hybridized carbons (Fsp3) is 0.200. The summed E-state index contributed by atoms with van der Waals surface area (Å²) in [5, 5.41) is 9.65. The largest absolute Gasteiger partial charge is 0.494 e. The summed E-state index contributed by atoms with van der Waals surface area (Å²) in [5.74, 6) is 2.06. The molecule has 0 radical (unpaired) electrons. The highest BCUT2D eigenvalue weighted by Gasteiger charge is 2.16. The van der Waals surface area contributed by atoms with Crippen molar-refractivity contribution in [3.63, 3.8) is 0 Å². The summed E-state index contributed by atoms with van der Waals surface area (Å²) in [4.78, 5) is 0. The van der Waals surface area contributed by atoms with E-state index < -0.39 is 0 Å². The molecule has 4 aromatic rings. The second-order valence-electron chi connectivity index (χ2n) is 7.07. The lowest BCUT2D eigenvalue weighted by Crippen LogP contribution is -2.04. The smallest absolute Gasteiger partial charge is 0.196 e. The number of benzene rings is 3. The molecule has 0 aliphatic carbocycles. The molecule has 1 heterocycles. The molecule has 32 heavy (non-hydrogen) atoms. The van der Waals surface area contributed by atoms with Gasteiger partial charge in [-0.1, -0.05) is 47.7 Å². The molecule has 0 saturated carbocycles. The zero-order chi connectivity index (χ0) is 22.3. The molecule has 5 nitrogen and oxygen atoms in total. The first-order valence-electron chi connectivity index (χ1n) is 10.4. The van der Waals surface area contributed by atoms with Crippen molar-refractivity contribution in [2.75, 3.05) is 19.0 Å². The third-order valence-corrected chi connectivity index (χ3v) is 5.62. The summed E-state index contributed by atoms with van der Waals surface area (Å²) in [6, 6.07) is 22.4. The van der Waals surface area contributed by atoms with Crippen LogP contribution in [0.5, 0.6) is 11.5 Å². The Morgan fingerprint density at radius 2 is 1.75 bits per heavy atom. The molecule has 0 unspecified atom stereocenters. The highest BCUT2D eigenvalue weighted by atomic mass is 32.2. The second-order valence-corrected chi connectivity index (χ2v) is 8.13. The Labute approximate surface area is 191 Å². The van der Waals surface area contributed by atoms with Gasteiger partial charge < -0.3 is 9.47 Å². The van der Waals surface area contributed by atoms with E-state index in [-0.39, 0.29) is 11.6 Å². The maximum atomic E-state index is 13.8. The third-order valence-electron chi connectivity index (χ3n) is 4.72. The first-order valence-corrected chi connectivity index (χ1v) is 11.4. The standard InChI is InChI=1S/C25H24FN3O2S/c1-3-30-21-13-11-20(12-14-21)29-24(19-8-6-7-18(2)17-19)27-28-25(29)32-16-15-31-23-10-5-4-9-22(23)26/h4-14,17H,3,15-16H2,1-2H3. The van der Waals surface area contributed by atoms with Crippen molar-refractivity contribution < 1.29 is 13.9 Å². The van der Waals surface area contributed by atoms with E-state index in [2.05, 4.69) is 29.3 Å². The molecule has 4 rings (SSSR count). The van der Waals surface area contributed by atoms with Crippen molar-refractivity contribution >= 4 is 11.8 Å². The Morgan fingerprint density at radius 3 is 2.50 bits per heavy atom. The van der Waals surface area contributed by atoms with Gasteiger partial charge in [0.25, 0.3) is 0 Å². The van der Waals surface area contributed by atoms with Crippen LogP contribution in [0.1, 0.15) is 12.5 Å². The summed E-state index contributed by atoms with van der Waals surface area (Å²) < 4.78 is 27.0. The van der Waals surface area contributed by atoms with Crippen LogP contribution in [0.3, 0.4) is 0 Å². The van der Waals surface area contributed by atoms with Gasteiger partial charge >= 0.3 is 0 Å². The highest BCUT2D eigenvalue weighted by molar-refractivity contribution is 7.99. The zero-order valence-electron chi connectivity index (χ0n) is 18.0. The summed E-state index contributed by atoms with van der Waals surface area (Å²) in [5.41, 5.74) is 3.07. The Hall–Kier alpha value is -3.32. The molecule has 0 aliphatic heterocycles. The first kappa shape index (κ1) is 21.9. The number of aromatic nitrogens is 3. The maximum absolute atomic E-state index is 13.8. The predicted octanol–water partition coefficient (Wildman–Crippen LogP) is 5.95. The van der Waals surface area contributed by atoms with Crippen molar-refractivity contribution in [2.45, 2.75) is 19.0 Å². The topological polar surface area (TPSA) is 49.2 Å². The number of thioether (sulfide) groups is 1. The molecule has 3 aromatic carbocycles. The van der Waals surface area contributed by atoms with Gasteiger partial charge in [0, 0.05) is 17.0 Å². The minimum Gasteiger partial charge on any atom is -0.494 e. The summed E-state index contributed by atoms with van der Waals surface area (Å²) in [6.07, 6.45) is 0. The van der Waals surface area contributed by atoms with Gasteiger partial charge in [-0.2, -0.15) is 0 Å². The van der Waals surface area contributed by atoms with Crippen molar-refractivity contribution in [3.05, 3.63) is 84.2 Å². The van der Waals surface area contributed by atoms with Crippen molar-refractivity contribution in [1.29, 1.82) is 0 Å². The molecule has 0 saturated heterocycles. The summed E-state index contributed by atoms with van der Waals surface area (Å²) >= 11 is 1.51. The van der Waals surface area contributed by atoms with Crippen LogP contribution in [0.2, 0.25) is 0 Å². The van der Waals surface area contributed by atoms with Crippen LogP contribution >= 0.6 is 11.8 Å². The van der Waals surface area contributed by atoms with E-state index in [1.54, 1.807) is 18.2 Å². The minimum absolute atomic E-state index is 0.251. The van der Waals surface area contributed by atoms with Crippen LogP contribution in [0, 0.1) is 12.7 Å². The highest BCUT2D eigenvalue weighted by Crippen LogP contribution is 2.29. The van der Waals surface area contributed by atoms with Crippen LogP contribution in [0.4, 0.5) is 4.39 Å². The average Bonchev–Trinajstić information content (AvgIpc) is 3.22. The van der Waals surface area contributed by atoms with Crippen LogP contribution in [0.25, 0.3) is 17.1 Å². The zero-order valence-corrected chi connectivity index (χ0v) is 18.8. The van der Waals surface area contributed by atoms with Gasteiger partial charge in [-0.25, -0.2) is 4.39 Å². The van der Waals surface area contributed by atoms with Gasteiger partial charge in [0.05, 0.1) is 13.2 Å². The molecule has 7 heteroatoms. The van der Waals surface area contributed by atoms with Gasteiger partial charge in [-0.15, -0.1) is 10.2 Å². The molecular formula is C25H24FN3O2S. The van der Waals surface area contributed by atoms with Gasteiger partial charge in [0.15, 0.2) is 22.5 Å². The number of para-hydroxylation sites is 1. The van der Waals surface area contributed by atoms with E-state index in [9.17, 15) is 4.39 Å². The van der Waals surface area contributed by atoms with Crippen molar-refractivity contribution in [3.8, 4) is 28.6 Å². The predicted molar refractivity (Wildman–Crippen MR) is 125 cm³/mol. The lowest BCUT2D eigenvalue weighted by Gasteiger charge is -2.12. The number of aryl methyl sites for hydroxylation is 1. The molecule has 0 spiro atoms. The lowest BCUT2D eigenvalue weighted by atomic mass is 10.1. The molecule has 1 aromatic heterocycles. The minimum atomic E-state index is -0.364. The number of hydrogen-bond donors (Lipinski definition) is 0. The molecule has 164 valence electrons. The summed E-state index contributed by atoms with van der Waals surface area (Å²) in [7, 11) is 0. The van der Waals surface area contributed by atoms with E-state index in [0.29, 0.717) is 19.0 Å². The van der Waals surface area contributed by atoms with E-state index in [1.807, 2.05) is 47.9 Å². The Bertz CT molecular complexity index is 1180. The average molecular weight is 450 g/mol. The van der Waals surface area contributed by atoms with Gasteiger partial charge in [-0.05, 0) is 56.3 Å². The maximum Gasteiger partial charge on any atom is 0.196 e. The molecule has 0 atom stereocenters. The monoisotopic (exact) mass is 449 g/mol. The fourth-order valence-electron chi connectivity index (χ4n) is 3.27. The Morgan fingerprint density at radius 1 is 0.938 bits per heavy atom. The molecule has 0 fully saturated rings. The van der Waals surface area contributed by atoms with Crippen LogP contribution in [0.15, 0.2) is 78.0 Å². The number of nitrogens with zero attached hydrogens (tertiary/aromatic N) is 3. The molecular weight excluding hydrogens is 425 g/mol. The van der Waals surface area contributed by atoms with Gasteiger partial charge in [0.1, 0.15) is 5.75 Å². The van der Waals surface area contributed by atoms with Crippen LogP contribution in [-0.4, -0.2) is 33.7 Å². The Balaban J connectivity index is 1.58.